The maximum absolute atomic E-state index is 12.0. The zero-order valence-corrected chi connectivity index (χ0v) is 14.3. The van der Waals surface area contributed by atoms with E-state index in [1.54, 1.807) is 24.3 Å². The molecule has 9 nitrogen and oxygen atoms in total. The molecule has 0 radical (unpaired) electrons. The van der Waals surface area contributed by atoms with Crippen molar-refractivity contribution in [2.75, 3.05) is 32.8 Å². The molecule has 0 atom stereocenters. The number of amidine groups is 1. The molecule has 1 fully saturated rings. The van der Waals surface area contributed by atoms with E-state index >= 15 is 0 Å². The maximum atomic E-state index is 12.0. The molecule has 26 heavy (non-hydrogen) atoms. The van der Waals surface area contributed by atoms with Crippen molar-refractivity contribution in [1.29, 1.82) is 5.41 Å². The molecule has 0 spiro atoms. The van der Waals surface area contributed by atoms with Crippen LogP contribution >= 0.6 is 0 Å². The lowest BCUT2D eigenvalue weighted by atomic mass is 10.2. The van der Waals surface area contributed by atoms with Gasteiger partial charge in [-0.3, -0.25) is 19.8 Å². The topological polar surface area (TPSA) is 137 Å². The maximum Gasteiger partial charge on any atom is 0.323 e. The molecule has 1 saturated heterocycles. The number of unbranched alkanes of at least 4 members (excludes halogenated alkanes) is 1. The van der Waals surface area contributed by atoms with Crippen LogP contribution in [-0.4, -0.2) is 71.3 Å². The molecule has 1 heterocycles. The largest absolute Gasteiger partial charge is 0.494 e. The minimum absolute atomic E-state index is 0.000726. The number of carboxylic acid groups (broad SMARTS) is 1. The van der Waals surface area contributed by atoms with Crippen LogP contribution in [-0.2, 0) is 14.4 Å². The average molecular weight is 362 g/mol. The van der Waals surface area contributed by atoms with Gasteiger partial charge in [-0.2, -0.15) is 0 Å². The van der Waals surface area contributed by atoms with Gasteiger partial charge in [-0.25, -0.2) is 0 Å². The number of piperazine rings is 1. The van der Waals surface area contributed by atoms with Gasteiger partial charge in [-0.1, -0.05) is 0 Å². The number of carbonyl (C=O) groups is 3. The highest BCUT2D eigenvalue weighted by Crippen LogP contribution is 2.13. The summed E-state index contributed by atoms with van der Waals surface area (Å²) in [5, 5.41) is 16.0. The van der Waals surface area contributed by atoms with Crippen molar-refractivity contribution in [2.45, 2.75) is 12.8 Å². The van der Waals surface area contributed by atoms with E-state index in [0.717, 1.165) is 4.90 Å². The van der Waals surface area contributed by atoms with E-state index in [1.807, 2.05) is 0 Å². The summed E-state index contributed by atoms with van der Waals surface area (Å²) >= 11 is 0. The van der Waals surface area contributed by atoms with Crippen LogP contribution in [0.3, 0.4) is 0 Å². The fraction of sp³-hybridized carbons (Fsp3) is 0.412. The smallest absolute Gasteiger partial charge is 0.323 e. The van der Waals surface area contributed by atoms with Crippen LogP contribution in [0.4, 0.5) is 0 Å². The summed E-state index contributed by atoms with van der Waals surface area (Å²) in [6, 6.07) is 6.89. The Hall–Kier alpha value is -3.10. The number of nitrogens with zero attached hydrogens (tertiary/aromatic N) is 2. The molecule has 0 saturated carbocycles. The molecule has 1 aromatic rings. The molecule has 0 aliphatic carbocycles. The number of nitrogen functional groups attached to an aromatic ring is 1. The van der Waals surface area contributed by atoms with Gasteiger partial charge in [0.1, 0.15) is 18.1 Å². The Morgan fingerprint density at radius 2 is 1.73 bits per heavy atom. The molecule has 9 heteroatoms. The van der Waals surface area contributed by atoms with Crippen molar-refractivity contribution < 1.29 is 24.2 Å². The Bertz CT molecular complexity index is 689. The van der Waals surface area contributed by atoms with Crippen LogP contribution in [0.1, 0.15) is 18.4 Å². The summed E-state index contributed by atoms with van der Waals surface area (Å²) in [5.41, 5.74) is 6.01. The molecule has 1 aliphatic rings. The Morgan fingerprint density at radius 1 is 1.12 bits per heavy atom. The Labute approximate surface area is 150 Å². The predicted molar refractivity (Wildman–Crippen MR) is 93.0 cm³/mol. The number of nitrogens with two attached hydrogens (primary N) is 1. The normalized spacial score (nSPS) is 14.5. The third-order valence-electron chi connectivity index (χ3n) is 3.98. The van der Waals surface area contributed by atoms with Gasteiger partial charge >= 0.3 is 17.8 Å². The van der Waals surface area contributed by atoms with Crippen LogP contribution in [0.5, 0.6) is 5.75 Å². The van der Waals surface area contributed by atoms with E-state index < -0.39 is 24.3 Å². The van der Waals surface area contributed by atoms with Gasteiger partial charge in [-0.05, 0) is 37.1 Å². The van der Waals surface area contributed by atoms with Crippen LogP contribution in [0, 0.1) is 5.41 Å². The molecule has 2 amide bonds. The zero-order chi connectivity index (χ0) is 19.1. The summed E-state index contributed by atoms with van der Waals surface area (Å²) in [7, 11) is 0. The molecule has 2 rings (SSSR count). The van der Waals surface area contributed by atoms with Crippen LogP contribution in [0.2, 0.25) is 0 Å². The van der Waals surface area contributed by atoms with Crippen molar-refractivity contribution in [1.82, 2.24) is 9.80 Å². The number of hydrogen-bond donors (Lipinski definition) is 3. The second-order valence-corrected chi connectivity index (χ2v) is 5.91. The SMILES string of the molecule is N=C(N)c1ccc(OCCCCN2CCN(CC(=O)O)C(=O)C2=O)cc1. The van der Waals surface area contributed by atoms with Crippen molar-refractivity contribution in [2.24, 2.45) is 5.73 Å². The quantitative estimate of drug-likeness (QED) is 0.242. The molecular weight excluding hydrogens is 340 g/mol. The highest BCUT2D eigenvalue weighted by atomic mass is 16.5. The van der Waals surface area contributed by atoms with Crippen LogP contribution < -0.4 is 10.5 Å². The average Bonchev–Trinajstić information content (AvgIpc) is 2.60. The highest BCUT2D eigenvalue weighted by molar-refractivity contribution is 6.35. The fourth-order valence-electron chi connectivity index (χ4n) is 2.57. The minimum atomic E-state index is -1.13. The number of amides is 2. The van der Waals surface area contributed by atoms with Gasteiger partial charge in [0.2, 0.25) is 0 Å². The number of benzene rings is 1. The molecule has 4 N–H and O–H groups in total. The monoisotopic (exact) mass is 362 g/mol. The van der Waals surface area contributed by atoms with E-state index in [-0.39, 0.29) is 12.4 Å². The van der Waals surface area contributed by atoms with E-state index in [9.17, 15) is 14.4 Å². The van der Waals surface area contributed by atoms with Crippen molar-refractivity contribution in [3.05, 3.63) is 29.8 Å². The van der Waals surface area contributed by atoms with Gasteiger partial charge in [0.15, 0.2) is 0 Å². The Kier molecular flexibility index (Phi) is 6.54. The van der Waals surface area contributed by atoms with Gasteiger partial charge in [0.25, 0.3) is 0 Å². The summed E-state index contributed by atoms with van der Waals surface area (Å²) < 4.78 is 5.58. The molecular formula is C17H22N4O5. The first-order valence-corrected chi connectivity index (χ1v) is 8.25. The highest BCUT2D eigenvalue weighted by Gasteiger charge is 2.32. The number of ether oxygens (including phenoxy) is 1. The number of aliphatic carboxylic acids is 1. The predicted octanol–water partition coefficient (Wildman–Crippen LogP) is -0.115. The van der Waals surface area contributed by atoms with Gasteiger partial charge in [0.05, 0.1) is 6.61 Å². The van der Waals surface area contributed by atoms with E-state index in [2.05, 4.69) is 0 Å². The summed E-state index contributed by atoms with van der Waals surface area (Å²) in [5.74, 6) is -1.88. The third-order valence-corrected chi connectivity index (χ3v) is 3.98. The van der Waals surface area contributed by atoms with Gasteiger partial charge in [-0.15, -0.1) is 0 Å². The molecule has 0 bridgehead atoms. The second-order valence-electron chi connectivity index (χ2n) is 5.91. The van der Waals surface area contributed by atoms with Crippen LogP contribution in [0.25, 0.3) is 0 Å². The van der Waals surface area contributed by atoms with Crippen LogP contribution in [0.15, 0.2) is 24.3 Å². The lowest BCUT2D eigenvalue weighted by Gasteiger charge is -2.32. The molecule has 1 aliphatic heterocycles. The summed E-state index contributed by atoms with van der Waals surface area (Å²) in [6.45, 7) is 1.01. The number of hydrogen-bond acceptors (Lipinski definition) is 5. The van der Waals surface area contributed by atoms with Crippen molar-refractivity contribution in [3.8, 4) is 5.75 Å². The number of rotatable bonds is 9. The van der Waals surface area contributed by atoms with Crippen molar-refractivity contribution in [3.63, 3.8) is 0 Å². The minimum Gasteiger partial charge on any atom is -0.494 e. The first-order valence-electron chi connectivity index (χ1n) is 8.25. The summed E-state index contributed by atoms with van der Waals surface area (Å²) in [6.07, 6.45) is 1.37. The number of nitrogens with one attached hydrogen (secondary N) is 1. The van der Waals surface area contributed by atoms with Gasteiger partial charge in [0, 0.05) is 25.2 Å². The Balaban J connectivity index is 1.68. The van der Waals surface area contributed by atoms with E-state index in [0.29, 0.717) is 43.9 Å². The number of carboxylic acids is 1. The first kappa shape index (κ1) is 19.2. The van der Waals surface area contributed by atoms with E-state index in [4.69, 9.17) is 21.0 Å². The third kappa shape index (κ3) is 5.20. The second kappa shape index (κ2) is 8.84. The molecule has 0 unspecified atom stereocenters. The zero-order valence-electron chi connectivity index (χ0n) is 14.3. The fourth-order valence-corrected chi connectivity index (χ4v) is 2.57. The first-order chi connectivity index (χ1) is 12.4. The number of carbonyl (C=O) groups excluding carboxylic acids is 2. The Morgan fingerprint density at radius 3 is 2.35 bits per heavy atom. The lowest BCUT2D eigenvalue weighted by Crippen LogP contribution is -2.55. The standard InChI is InChI=1S/C17H22N4O5/c18-15(19)12-3-5-13(6-4-12)26-10-2-1-7-20-8-9-21(11-14(22)23)17(25)16(20)24/h3-6H,1-2,7-11H2,(H3,18,19)(H,22,23). The molecule has 140 valence electrons. The molecule has 1 aromatic carbocycles. The lowest BCUT2D eigenvalue weighted by molar-refractivity contribution is -0.158. The van der Waals surface area contributed by atoms with Gasteiger partial charge < -0.3 is 25.4 Å². The van der Waals surface area contributed by atoms with E-state index in [1.165, 1.54) is 4.90 Å². The van der Waals surface area contributed by atoms with Crippen molar-refractivity contribution >= 4 is 23.6 Å². The summed E-state index contributed by atoms with van der Waals surface area (Å²) in [4.78, 5) is 37.0. The molecule has 0 aromatic heterocycles.